The van der Waals surface area contributed by atoms with Gasteiger partial charge in [-0.2, -0.15) is 0 Å². The smallest absolute Gasteiger partial charge is 0.340 e. The lowest BCUT2D eigenvalue weighted by Gasteiger charge is -2.36. The van der Waals surface area contributed by atoms with Crippen molar-refractivity contribution in [3.05, 3.63) is 87.3 Å². The van der Waals surface area contributed by atoms with Crippen LogP contribution in [0, 0.1) is 0 Å². The summed E-state index contributed by atoms with van der Waals surface area (Å²) in [6.45, 7) is 1.38. The fourth-order valence-corrected chi connectivity index (χ4v) is 4.67. The molecule has 0 unspecified atom stereocenters. The van der Waals surface area contributed by atoms with E-state index in [9.17, 15) is 15.0 Å². The molecule has 4 N–H and O–H groups in total. The maximum atomic E-state index is 13.2. The average molecular weight is 520 g/mol. The number of ether oxygens (including phenoxy) is 3. The van der Waals surface area contributed by atoms with E-state index in [2.05, 4.69) is 20.7 Å². The van der Waals surface area contributed by atoms with Crippen molar-refractivity contribution in [3.8, 4) is 23.0 Å². The zero-order valence-corrected chi connectivity index (χ0v) is 20.1. The van der Waals surface area contributed by atoms with Crippen molar-refractivity contribution in [1.29, 1.82) is 0 Å². The van der Waals surface area contributed by atoms with Gasteiger partial charge in [-0.15, -0.1) is 0 Å². The summed E-state index contributed by atoms with van der Waals surface area (Å²) in [5, 5.41) is 29.8. The Bertz CT molecular complexity index is 1400. The number of nitrogens with zero attached hydrogens (tertiary/aromatic N) is 3. The molecule has 188 valence electrons. The molecule has 2 aliphatic heterocycles. The predicted molar refractivity (Wildman–Crippen MR) is 137 cm³/mol. The lowest BCUT2D eigenvalue weighted by atomic mass is 9.77. The second-order valence-electron chi connectivity index (χ2n) is 8.24. The van der Waals surface area contributed by atoms with Gasteiger partial charge in [-0.05, 0) is 54.1 Å². The number of benzene rings is 3. The Morgan fingerprint density at radius 2 is 1.70 bits per heavy atom. The number of anilines is 1. The van der Waals surface area contributed by atoms with Gasteiger partial charge in [-0.25, -0.2) is 4.79 Å². The number of carbonyl (C=O) groups is 1. The van der Waals surface area contributed by atoms with Gasteiger partial charge in [0.1, 0.15) is 23.0 Å². The monoisotopic (exact) mass is 519 g/mol. The van der Waals surface area contributed by atoms with E-state index in [4.69, 9.17) is 32.0 Å². The van der Waals surface area contributed by atoms with Crippen LogP contribution in [0.2, 0.25) is 0 Å². The Balaban J connectivity index is 1.41. The van der Waals surface area contributed by atoms with E-state index in [1.807, 2.05) is 0 Å². The molecule has 0 saturated carbocycles. The number of hydrogen-bond acceptors (Lipinski definition) is 8. The molecular weight excluding hydrogens is 498 g/mol. The highest BCUT2D eigenvalue weighted by Crippen LogP contribution is 2.57. The number of thiocarbonyl (C=S) groups is 1. The normalized spacial score (nSPS) is 13.9. The molecule has 2 heterocycles. The minimum Gasteiger partial charge on any atom is -0.508 e. The summed E-state index contributed by atoms with van der Waals surface area (Å²) in [6.07, 6.45) is 0. The van der Waals surface area contributed by atoms with Gasteiger partial charge in [-0.1, -0.05) is 11.2 Å². The van der Waals surface area contributed by atoms with Crippen LogP contribution in [-0.2, 0) is 15.1 Å². The molecule has 0 atom stereocenters. The SMILES string of the molecule is [N-]=[N+]=NCCOCCNC(=S)Nc1ccc2c(c1)C(=O)OC21c2ccc(O)cc2Oc2cc(O)ccc21. The summed E-state index contributed by atoms with van der Waals surface area (Å²) in [5.74, 6) is 0.0687. The summed E-state index contributed by atoms with van der Waals surface area (Å²) < 4.78 is 17.3. The van der Waals surface area contributed by atoms with Crippen LogP contribution in [0.5, 0.6) is 23.0 Å². The third-order valence-electron chi connectivity index (χ3n) is 5.96. The Morgan fingerprint density at radius 1 is 1.03 bits per heavy atom. The van der Waals surface area contributed by atoms with Gasteiger partial charge in [0.05, 0.1) is 18.8 Å². The number of rotatable bonds is 7. The molecule has 1 spiro atoms. The maximum Gasteiger partial charge on any atom is 0.340 e. The van der Waals surface area contributed by atoms with E-state index in [1.165, 1.54) is 24.3 Å². The molecule has 37 heavy (non-hydrogen) atoms. The van der Waals surface area contributed by atoms with Crippen molar-refractivity contribution in [1.82, 2.24) is 5.32 Å². The highest BCUT2D eigenvalue weighted by molar-refractivity contribution is 7.80. The standard InChI is InChI=1S/C25H21N5O6S/c26-30-28-8-10-34-9-7-27-24(37)29-14-1-4-18-17(11-14)23(33)36-25(18)19-5-2-15(31)12-21(19)35-22-13-16(32)3-6-20(22)25/h1-6,11-13,31-32H,7-10H2,(H2,27,29,37). The molecule has 12 heteroatoms. The molecule has 3 aromatic rings. The number of aromatic hydroxyl groups is 2. The van der Waals surface area contributed by atoms with E-state index in [0.29, 0.717) is 64.3 Å². The first-order valence-corrected chi connectivity index (χ1v) is 11.7. The lowest BCUT2D eigenvalue weighted by Crippen LogP contribution is -2.33. The first-order valence-electron chi connectivity index (χ1n) is 11.3. The molecule has 0 aliphatic carbocycles. The van der Waals surface area contributed by atoms with Gasteiger partial charge in [-0.3, -0.25) is 0 Å². The quantitative estimate of drug-likeness (QED) is 0.0893. The van der Waals surface area contributed by atoms with E-state index in [1.54, 1.807) is 30.3 Å². The molecule has 11 nitrogen and oxygen atoms in total. The highest BCUT2D eigenvalue weighted by atomic mass is 32.1. The molecular formula is C25H21N5O6S. The Labute approximate surface area is 216 Å². The maximum absolute atomic E-state index is 13.2. The van der Waals surface area contributed by atoms with Crippen molar-refractivity contribution >= 4 is 29.0 Å². The Kier molecular flexibility index (Phi) is 6.45. The summed E-state index contributed by atoms with van der Waals surface area (Å²) >= 11 is 5.34. The third-order valence-corrected chi connectivity index (χ3v) is 6.21. The van der Waals surface area contributed by atoms with Gasteiger partial charge in [0, 0.05) is 52.5 Å². The van der Waals surface area contributed by atoms with Gasteiger partial charge < -0.3 is 35.1 Å². The van der Waals surface area contributed by atoms with Gasteiger partial charge in [0.2, 0.25) is 0 Å². The van der Waals surface area contributed by atoms with Crippen LogP contribution in [0.3, 0.4) is 0 Å². The molecule has 2 aliphatic rings. The highest BCUT2D eigenvalue weighted by Gasteiger charge is 2.53. The number of carbonyl (C=O) groups excluding carboxylic acids is 1. The summed E-state index contributed by atoms with van der Waals surface area (Å²) in [7, 11) is 0. The van der Waals surface area contributed by atoms with Crippen LogP contribution in [0.1, 0.15) is 27.0 Å². The molecule has 3 aromatic carbocycles. The number of hydrogen-bond donors (Lipinski definition) is 4. The van der Waals surface area contributed by atoms with Crippen LogP contribution in [0.15, 0.2) is 59.7 Å². The minimum atomic E-state index is -1.32. The molecule has 5 rings (SSSR count). The van der Waals surface area contributed by atoms with Crippen molar-refractivity contribution in [3.63, 3.8) is 0 Å². The van der Waals surface area contributed by atoms with Crippen LogP contribution in [-0.4, -0.2) is 47.6 Å². The van der Waals surface area contributed by atoms with Crippen LogP contribution < -0.4 is 15.4 Å². The first kappa shape index (κ1) is 24.2. The molecule has 0 aromatic heterocycles. The molecule has 0 radical (unpaired) electrons. The van der Waals surface area contributed by atoms with Crippen LogP contribution >= 0.6 is 12.2 Å². The van der Waals surface area contributed by atoms with Gasteiger partial charge in [0.25, 0.3) is 0 Å². The number of phenols is 2. The molecule has 0 amide bonds. The van der Waals surface area contributed by atoms with E-state index in [0.717, 1.165) is 0 Å². The Morgan fingerprint density at radius 3 is 2.38 bits per heavy atom. The van der Waals surface area contributed by atoms with Crippen molar-refractivity contribution in [2.75, 3.05) is 31.6 Å². The fraction of sp³-hybridized carbons (Fsp3) is 0.200. The molecule has 0 bridgehead atoms. The predicted octanol–water partition coefficient (Wildman–Crippen LogP) is 4.28. The van der Waals surface area contributed by atoms with E-state index in [-0.39, 0.29) is 18.0 Å². The van der Waals surface area contributed by atoms with Crippen LogP contribution in [0.25, 0.3) is 10.4 Å². The van der Waals surface area contributed by atoms with Crippen molar-refractivity contribution in [2.45, 2.75) is 5.60 Å². The number of phenolic OH excluding ortho intramolecular Hbond substituents is 2. The second-order valence-corrected chi connectivity index (χ2v) is 8.65. The number of esters is 1. The average Bonchev–Trinajstić information content (AvgIpc) is 3.15. The zero-order chi connectivity index (χ0) is 26.0. The van der Waals surface area contributed by atoms with Gasteiger partial charge in [0.15, 0.2) is 10.7 Å². The summed E-state index contributed by atoms with van der Waals surface area (Å²) in [6, 6.07) is 14.4. The largest absolute Gasteiger partial charge is 0.508 e. The van der Waals surface area contributed by atoms with Gasteiger partial charge >= 0.3 is 5.97 Å². The third kappa shape index (κ3) is 4.45. The second kappa shape index (κ2) is 9.86. The van der Waals surface area contributed by atoms with Crippen LogP contribution in [0.4, 0.5) is 5.69 Å². The zero-order valence-electron chi connectivity index (χ0n) is 19.3. The van der Waals surface area contributed by atoms with E-state index >= 15 is 0 Å². The molecule has 0 fully saturated rings. The first-order chi connectivity index (χ1) is 17.9. The summed E-state index contributed by atoms with van der Waals surface area (Å²) in [5.41, 5.74) is 9.55. The Hall–Kier alpha value is -4.51. The van der Waals surface area contributed by atoms with Crippen molar-refractivity contribution < 1.29 is 29.2 Å². The minimum absolute atomic E-state index is 0.0105. The fourth-order valence-electron chi connectivity index (χ4n) is 4.45. The lowest BCUT2D eigenvalue weighted by molar-refractivity contribution is 0.0224. The molecule has 0 saturated heterocycles. The van der Waals surface area contributed by atoms with Crippen molar-refractivity contribution in [2.24, 2.45) is 5.11 Å². The number of azide groups is 1. The van der Waals surface area contributed by atoms with E-state index < -0.39 is 11.6 Å². The topological polar surface area (TPSA) is 158 Å². The number of nitrogens with one attached hydrogen (secondary N) is 2. The summed E-state index contributed by atoms with van der Waals surface area (Å²) in [4.78, 5) is 15.8. The number of fused-ring (bicyclic) bond motifs is 6.